The van der Waals surface area contributed by atoms with E-state index >= 15 is 0 Å². The van der Waals surface area contributed by atoms with Crippen molar-refractivity contribution in [3.05, 3.63) is 16.1 Å². The van der Waals surface area contributed by atoms with Gasteiger partial charge < -0.3 is 5.11 Å². The standard InChI is InChI=1S/C8H10F3NOS2/c1-5-12-2-6(15-5)3-14-4-7(13)8(9,10)11/h2,7,13H,3-4H2,1H3/t7-/m1/s1. The third-order valence-electron chi connectivity index (χ3n) is 1.57. The van der Waals surface area contributed by atoms with E-state index in [1.165, 1.54) is 11.3 Å². The Kier molecular flexibility index (Phi) is 4.42. The topological polar surface area (TPSA) is 33.1 Å². The molecule has 1 N–H and O–H groups in total. The van der Waals surface area contributed by atoms with Crippen LogP contribution in [0, 0.1) is 6.92 Å². The van der Waals surface area contributed by atoms with Gasteiger partial charge in [-0.15, -0.1) is 11.3 Å². The SMILES string of the molecule is Cc1ncc(CSC[C@@H](O)C(F)(F)F)s1. The van der Waals surface area contributed by atoms with Crippen LogP contribution in [0.15, 0.2) is 6.20 Å². The van der Waals surface area contributed by atoms with E-state index in [0.29, 0.717) is 5.75 Å². The molecule has 0 aliphatic heterocycles. The Bertz CT molecular complexity index is 313. The average molecular weight is 257 g/mol. The fraction of sp³-hybridized carbons (Fsp3) is 0.625. The summed E-state index contributed by atoms with van der Waals surface area (Å²) >= 11 is 2.51. The lowest BCUT2D eigenvalue weighted by molar-refractivity contribution is -0.195. The quantitative estimate of drug-likeness (QED) is 0.900. The van der Waals surface area contributed by atoms with Crippen LogP contribution < -0.4 is 0 Å². The summed E-state index contributed by atoms with van der Waals surface area (Å²) in [6, 6.07) is 0. The van der Waals surface area contributed by atoms with Gasteiger partial charge >= 0.3 is 6.18 Å². The summed E-state index contributed by atoms with van der Waals surface area (Å²) in [5.41, 5.74) is 0. The molecule has 0 unspecified atom stereocenters. The summed E-state index contributed by atoms with van der Waals surface area (Å²) in [6.45, 7) is 1.84. The van der Waals surface area contributed by atoms with Crippen LogP contribution in [0.1, 0.15) is 9.88 Å². The largest absolute Gasteiger partial charge is 0.415 e. The van der Waals surface area contributed by atoms with Gasteiger partial charge in [0, 0.05) is 22.6 Å². The van der Waals surface area contributed by atoms with Crippen molar-refractivity contribution in [2.45, 2.75) is 25.0 Å². The van der Waals surface area contributed by atoms with Crippen LogP contribution in [-0.4, -0.2) is 28.1 Å². The molecule has 0 aliphatic rings. The molecule has 0 aromatic carbocycles. The molecule has 0 spiro atoms. The fourth-order valence-electron chi connectivity index (χ4n) is 0.838. The highest BCUT2D eigenvalue weighted by atomic mass is 32.2. The van der Waals surface area contributed by atoms with Crippen LogP contribution in [0.3, 0.4) is 0 Å². The van der Waals surface area contributed by atoms with E-state index in [4.69, 9.17) is 5.11 Å². The summed E-state index contributed by atoms with van der Waals surface area (Å²) in [5.74, 6) is 0.124. The van der Waals surface area contributed by atoms with Crippen LogP contribution in [-0.2, 0) is 5.75 Å². The van der Waals surface area contributed by atoms with Crippen molar-refractivity contribution in [1.29, 1.82) is 0 Å². The number of hydrogen-bond acceptors (Lipinski definition) is 4. The van der Waals surface area contributed by atoms with Crippen molar-refractivity contribution >= 4 is 23.1 Å². The molecular weight excluding hydrogens is 247 g/mol. The maximum atomic E-state index is 11.9. The van der Waals surface area contributed by atoms with Crippen molar-refractivity contribution in [3.8, 4) is 0 Å². The van der Waals surface area contributed by atoms with Gasteiger partial charge in [-0.05, 0) is 6.92 Å². The lowest BCUT2D eigenvalue weighted by Gasteiger charge is -2.13. The number of rotatable bonds is 4. The molecule has 1 rings (SSSR count). The zero-order valence-corrected chi connectivity index (χ0v) is 9.55. The molecule has 1 aromatic heterocycles. The smallest absolute Gasteiger partial charge is 0.383 e. The number of aryl methyl sites for hydroxylation is 1. The predicted molar refractivity (Wildman–Crippen MR) is 55.1 cm³/mol. The van der Waals surface area contributed by atoms with Gasteiger partial charge in [-0.2, -0.15) is 24.9 Å². The second kappa shape index (κ2) is 5.18. The van der Waals surface area contributed by atoms with E-state index in [0.717, 1.165) is 21.6 Å². The lowest BCUT2D eigenvalue weighted by atomic mass is 10.4. The van der Waals surface area contributed by atoms with Crippen molar-refractivity contribution in [3.63, 3.8) is 0 Å². The Balaban J connectivity index is 2.28. The molecule has 86 valence electrons. The number of aromatic nitrogens is 1. The van der Waals surface area contributed by atoms with Crippen molar-refractivity contribution in [2.24, 2.45) is 0 Å². The maximum absolute atomic E-state index is 11.9. The lowest BCUT2D eigenvalue weighted by Crippen LogP contribution is -2.30. The number of aliphatic hydroxyl groups is 1. The third-order valence-corrected chi connectivity index (χ3v) is 3.73. The molecule has 0 fully saturated rings. The predicted octanol–water partition coefficient (Wildman–Crippen LogP) is 2.61. The normalized spacial score (nSPS) is 14.2. The number of nitrogens with zero attached hydrogens (tertiary/aromatic N) is 1. The molecule has 1 heterocycles. The third kappa shape index (κ3) is 4.40. The Hall–Kier alpha value is -0.270. The van der Waals surface area contributed by atoms with Crippen LogP contribution in [0.2, 0.25) is 0 Å². The van der Waals surface area contributed by atoms with Gasteiger partial charge in [0.25, 0.3) is 0 Å². The monoisotopic (exact) mass is 257 g/mol. The molecule has 0 amide bonds. The zero-order chi connectivity index (χ0) is 11.5. The summed E-state index contributed by atoms with van der Waals surface area (Å²) in [5, 5.41) is 9.60. The minimum atomic E-state index is -4.52. The van der Waals surface area contributed by atoms with Crippen molar-refractivity contribution in [1.82, 2.24) is 4.98 Å². The summed E-state index contributed by atoms with van der Waals surface area (Å²) in [4.78, 5) is 4.91. The van der Waals surface area contributed by atoms with Gasteiger partial charge in [0.15, 0.2) is 6.10 Å². The molecule has 0 bridgehead atoms. The number of hydrogen-bond donors (Lipinski definition) is 1. The fourth-order valence-corrected chi connectivity index (χ4v) is 2.72. The van der Waals surface area contributed by atoms with E-state index < -0.39 is 12.3 Å². The van der Waals surface area contributed by atoms with E-state index in [1.54, 1.807) is 6.20 Å². The first-order chi connectivity index (χ1) is 6.89. The van der Waals surface area contributed by atoms with E-state index in [-0.39, 0.29) is 5.75 Å². The highest BCUT2D eigenvalue weighted by Crippen LogP contribution is 2.25. The minimum absolute atomic E-state index is 0.333. The summed E-state index contributed by atoms with van der Waals surface area (Å²) in [6.07, 6.45) is -5.11. The maximum Gasteiger partial charge on any atom is 0.415 e. The number of halogens is 3. The number of thioether (sulfide) groups is 1. The second-order valence-electron chi connectivity index (χ2n) is 2.92. The molecule has 0 aliphatic carbocycles. The van der Waals surface area contributed by atoms with E-state index in [1.807, 2.05) is 6.92 Å². The Morgan fingerprint density at radius 1 is 1.60 bits per heavy atom. The minimum Gasteiger partial charge on any atom is -0.383 e. The Labute approximate surface area is 93.5 Å². The molecular formula is C8H10F3NOS2. The molecule has 2 nitrogen and oxygen atoms in total. The highest BCUT2D eigenvalue weighted by Gasteiger charge is 2.37. The van der Waals surface area contributed by atoms with E-state index in [9.17, 15) is 13.2 Å². The first kappa shape index (κ1) is 12.8. The van der Waals surface area contributed by atoms with Gasteiger partial charge in [-0.3, -0.25) is 0 Å². The van der Waals surface area contributed by atoms with Crippen LogP contribution >= 0.6 is 23.1 Å². The molecule has 7 heteroatoms. The molecule has 0 saturated heterocycles. The van der Waals surface area contributed by atoms with Gasteiger partial charge in [0.2, 0.25) is 0 Å². The van der Waals surface area contributed by atoms with Crippen molar-refractivity contribution in [2.75, 3.05) is 5.75 Å². The van der Waals surface area contributed by atoms with Crippen LogP contribution in [0.5, 0.6) is 0 Å². The number of alkyl halides is 3. The molecule has 0 radical (unpaired) electrons. The Morgan fingerprint density at radius 3 is 2.73 bits per heavy atom. The molecule has 0 saturated carbocycles. The number of aliphatic hydroxyl groups excluding tert-OH is 1. The summed E-state index contributed by atoms with van der Waals surface area (Å²) in [7, 11) is 0. The van der Waals surface area contributed by atoms with Gasteiger partial charge in [0.05, 0.1) is 5.01 Å². The zero-order valence-electron chi connectivity index (χ0n) is 7.91. The molecule has 1 atom stereocenters. The number of thiazole rings is 1. The van der Waals surface area contributed by atoms with Crippen molar-refractivity contribution < 1.29 is 18.3 Å². The molecule has 15 heavy (non-hydrogen) atoms. The van der Waals surface area contributed by atoms with Gasteiger partial charge in [0.1, 0.15) is 0 Å². The molecule has 1 aromatic rings. The van der Waals surface area contributed by atoms with Crippen LogP contribution in [0.25, 0.3) is 0 Å². The average Bonchev–Trinajstić information content (AvgIpc) is 2.49. The van der Waals surface area contributed by atoms with Crippen LogP contribution in [0.4, 0.5) is 13.2 Å². The van der Waals surface area contributed by atoms with Gasteiger partial charge in [-0.1, -0.05) is 0 Å². The first-order valence-electron chi connectivity index (χ1n) is 4.13. The van der Waals surface area contributed by atoms with Gasteiger partial charge in [-0.25, -0.2) is 4.98 Å². The summed E-state index contributed by atoms with van der Waals surface area (Å²) < 4.78 is 35.7. The highest BCUT2D eigenvalue weighted by molar-refractivity contribution is 7.98. The Morgan fingerprint density at radius 2 is 2.27 bits per heavy atom. The first-order valence-corrected chi connectivity index (χ1v) is 6.10. The van der Waals surface area contributed by atoms with E-state index in [2.05, 4.69) is 4.98 Å². The second-order valence-corrected chi connectivity index (χ2v) is 5.27.